The highest BCUT2D eigenvalue weighted by molar-refractivity contribution is 5.97. The molecule has 1 aliphatic rings. The number of anilines is 1. The zero-order valence-corrected chi connectivity index (χ0v) is 10.7. The number of hydrogen-bond acceptors (Lipinski definition) is 3. The summed E-state index contributed by atoms with van der Waals surface area (Å²) in [5.74, 6) is 0.499. The molecule has 1 fully saturated rings. The van der Waals surface area contributed by atoms with Crippen molar-refractivity contribution >= 4 is 11.6 Å². The highest BCUT2D eigenvalue weighted by Crippen LogP contribution is 2.19. The van der Waals surface area contributed by atoms with Gasteiger partial charge in [0.2, 0.25) is 5.91 Å². The van der Waals surface area contributed by atoms with E-state index >= 15 is 0 Å². The standard InChI is InChI=1S/C14H17N3O/c1-10-8-16-11(2)14(18)17(9-10)13-5-3-12(7-15)4-6-13/h3-6,10-11,16H,8-9H2,1-2H3. The quantitative estimate of drug-likeness (QED) is 0.813. The van der Waals surface area contributed by atoms with Gasteiger partial charge in [0.1, 0.15) is 0 Å². The molecule has 0 saturated carbocycles. The molecule has 0 radical (unpaired) electrons. The number of nitriles is 1. The molecule has 0 spiro atoms. The lowest BCUT2D eigenvalue weighted by Crippen LogP contribution is -2.41. The summed E-state index contributed by atoms with van der Waals surface area (Å²) in [6.45, 7) is 5.56. The average molecular weight is 243 g/mol. The van der Waals surface area contributed by atoms with Crippen LogP contribution in [-0.2, 0) is 4.79 Å². The van der Waals surface area contributed by atoms with E-state index in [9.17, 15) is 4.79 Å². The second kappa shape index (κ2) is 5.19. The van der Waals surface area contributed by atoms with Crippen molar-refractivity contribution < 1.29 is 4.79 Å². The van der Waals surface area contributed by atoms with E-state index in [4.69, 9.17) is 5.26 Å². The lowest BCUT2D eigenvalue weighted by Gasteiger charge is -2.24. The molecule has 1 N–H and O–H groups in total. The minimum Gasteiger partial charge on any atom is -0.311 e. The molecule has 1 aromatic carbocycles. The molecule has 94 valence electrons. The predicted molar refractivity (Wildman–Crippen MR) is 70.1 cm³/mol. The van der Waals surface area contributed by atoms with Crippen molar-refractivity contribution in [2.24, 2.45) is 5.92 Å². The van der Waals surface area contributed by atoms with Crippen LogP contribution in [0.25, 0.3) is 0 Å². The molecule has 4 nitrogen and oxygen atoms in total. The van der Waals surface area contributed by atoms with Crippen LogP contribution in [0, 0.1) is 17.2 Å². The first-order valence-electron chi connectivity index (χ1n) is 6.16. The number of carbonyl (C=O) groups excluding carboxylic acids is 1. The Bertz CT molecular complexity index is 475. The first-order valence-corrected chi connectivity index (χ1v) is 6.16. The van der Waals surface area contributed by atoms with E-state index in [1.807, 2.05) is 19.1 Å². The van der Waals surface area contributed by atoms with Gasteiger partial charge < -0.3 is 10.2 Å². The lowest BCUT2D eigenvalue weighted by molar-refractivity contribution is -0.119. The van der Waals surface area contributed by atoms with Crippen LogP contribution in [0.2, 0.25) is 0 Å². The molecule has 4 heteroatoms. The molecule has 0 bridgehead atoms. The molecule has 2 atom stereocenters. The summed E-state index contributed by atoms with van der Waals surface area (Å²) in [5.41, 5.74) is 1.47. The maximum Gasteiger partial charge on any atom is 0.243 e. The molecule has 1 aromatic rings. The number of hydrogen-bond donors (Lipinski definition) is 1. The van der Waals surface area contributed by atoms with Crippen LogP contribution in [0.1, 0.15) is 19.4 Å². The van der Waals surface area contributed by atoms with E-state index in [0.29, 0.717) is 18.0 Å². The number of nitrogens with zero attached hydrogens (tertiary/aromatic N) is 2. The Morgan fingerprint density at radius 3 is 2.61 bits per heavy atom. The lowest BCUT2D eigenvalue weighted by atomic mass is 10.1. The first kappa shape index (κ1) is 12.6. The number of amides is 1. The summed E-state index contributed by atoms with van der Waals surface area (Å²) >= 11 is 0. The van der Waals surface area contributed by atoms with Gasteiger partial charge in [-0.15, -0.1) is 0 Å². The molecule has 2 unspecified atom stereocenters. The van der Waals surface area contributed by atoms with Crippen molar-refractivity contribution in [3.8, 4) is 6.07 Å². The van der Waals surface area contributed by atoms with Gasteiger partial charge in [0.25, 0.3) is 0 Å². The third kappa shape index (κ3) is 2.52. The topological polar surface area (TPSA) is 56.1 Å². The van der Waals surface area contributed by atoms with Crippen molar-refractivity contribution in [1.82, 2.24) is 5.32 Å². The molecular formula is C14H17N3O. The van der Waals surface area contributed by atoms with Gasteiger partial charge in [0, 0.05) is 18.8 Å². The van der Waals surface area contributed by atoms with Crippen molar-refractivity contribution in [2.45, 2.75) is 19.9 Å². The third-order valence-electron chi connectivity index (χ3n) is 3.21. The molecular weight excluding hydrogens is 226 g/mol. The van der Waals surface area contributed by atoms with E-state index in [0.717, 1.165) is 12.2 Å². The van der Waals surface area contributed by atoms with E-state index in [1.54, 1.807) is 17.0 Å². The normalized spacial score (nSPS) is 24.5. The molecule has 18 heavy (non-hydrogen) atoms. The second-order valence-corrected chi connectivity index (χ2v) is 4.84. The smallest absolute Gasteiger partial charge is 0.243 e. The predicted octanol–water partition coefficient (Wildman–Crippen LogP) is 1.52. The molecule has 2 rings (SSSR count). The summed E-state index contributed by atoms with van der Waals surface area (Å²) in [6.07, 6.45) is 0. The van der Waals surface area contributed by atoms with Gasteiger partial charge in [0.15, 0.2) is 0 Å². The second-order valence-electron chi connectivity index (χ2n) is 4.84. The number of carbonyl (C=O) groups is 1. The van der Waals surface area contributed by atoms with Gasteiger partial charge in [-0.05, 0) is 37.1 Å². The largest absolute Gasteiger partial charge is 0.311 e. The van der Waals surface area contributed by atoms with Crippen LogP contribution in [0.3, 0.4) is 0 Å². The van der Waals surface area contributed by atoms with Crippen LogP contribution in [0.4, 0.5) is 5.69 Å². The summed E-state index contributed by atoms with van der Waals surface area (Å²) in [5, 5.41) is 12.0. The van der Waals surface area contributed by atoms with E-state index in [1.165, 1.54) is 0 Å². The third-order valence-corrected chi connectivity index (χ3v) is 3.21. The Morgan fingerprint density at radius 2 is 2.00 bits per heavy atom. The summed E-state index contributed by atoms with van der Waals surface area (Å²) in [7, 11) is 0. The Kier molecular flexibility index (Phi) is 3.63. The maximum absolute atomic E-state index is 12.2. The molecule has 1 saturated heterocycles. The minimum atomic E-state index is -0.161. The van der Waals surface area contributed by atoms with Crippen molar-refractivity contribution in [1.29, 1.82) is 5.26 Å². The van der Waals surface area contributed by atoms with Crippen molar-refractivity contribution in [3.63, 3.8) is 0 Å². The van der Waals surface area contributed by atoms with Gasteiger partial charge in [-0.1, -0.05) is 6.92 Å². The fraction of sp³-hybridized carbons (Fsp3) is 0.429. The average Bonchev–Trinajstić information content (AvgIpc) is 2.52. The van der Waals surface area contributed by atoms with Crippen LogP contribution in [-0.4, -0.2) is 25.0 Å². The van der Waals surface area contributed by atoms with Gasteiger partial charge in [-0.2, -0.15) is 5.26 Å². The number of benzene rings is 1. The Hall–Kier alpha value is -1.86. The zero-order chi connectivity index (χ0) is 13.1. The fourth-order valence-electron chi connectivity index (χ4n) is 2.11. The molecule has 0 aliphatic carbocycles. The summed E-state index contributed by atoms with van der Waals surface area (Å²) in [6, 6.07) is 9.08. The van der Waals surface area contributed by atoms with Crippen LogP contribution >= 0.6 is 0 Å². The van der Waals surface area contributed by atoms with Gasteiger partial charge in [-0.3, -0.25) is 4.79 Å². The fourth-order valence-corrected chi connectivity index (χ4v) is 2.11. The van der Waals surface area contributed by atoms with E-state index in [2.05, 4.69) is 18.3 Å². The highest BCUT2D eigenvalue weighted by Gasteiger charge is 2.27. The van der Waals surface area contributed by atoms with Crippen LogP contribution in [0.5, 0.6) is 0 Å². The molecule has 1 heterocycles. The summed E-state index contributed by atoms with van der Waals surface area (Å²) in [4.78, 5) is 14.0. The molecule has 1 aliphatic heterocycles. The van der Waals surface area contributed by atoms with E-state index in [-0.39, 0.29) is 11.9 Å². The first-order chi connectivity index (χ1) is 8.61. The SMILES string of the molecule is CC1CNC(C)C(=O)N(c2ccc(C#N)cc2)C1. The van der Waals surface area contributed by atoms with Crippen molar-refractivity contribution in [2.75, 3.05) is 18.0 Å². The summed E-state index contributed by atoms with van der Waals surface area (Å²) < 4.78 is 0. The van der Waals surface area contributed by atoms with Gasteiger partial charge in [-0.25, -0.2) is 0 Å². The van der Waals surface area contributed by atoms with E-state index < -0.39 is 0 Å². The Labute approximate surface area is 107 Å². The Balaban J connectivity index is 2.28. The minimum absolute atomic E-state index is 0.0871. The van der Waals surface area contributed by atoms with Crippen LogP contribution in [0.15, 0.2) is 24.3 Å². The van der Waals surface area contributed by atoms with Crippen LogP contribution < -0.4 is 10.2 Å². The van der Waals surface area contributed by atoms with Crippen molar-refractivity contribution in [3.05, 3.63) is 29.8 Å². The monoisotopic (exact) mass is 243 g/mol. The molecule has 0 aromatic heterocycles. The van der Waals surface area contributed by atoms with Gasteiger partial charge >= 0.3 is 0 Å². The highest BCUT2D eigenvalue weighted by atomic mass is 16.2. The maximum atomic E-state index is 12.2. The Morgan fingerprint density at radius 1 is 1.33 bits per heavy atom. The number of nitrogens with one attached hydrogen (secondary N) is 1. The zero-order valence-electron chi connectivity index (χ0n) is 10.7. The number of rotatable bonds is 1. The molecule has 1 amide bonds. The van der Waals surface area contributed by atoms with Gasteiger partial charge in [0.05, 0.1) is 17.7 Å².